The number of rotatable bonds is 22. The number of carbonyl (C=O) groups excluding carboxylic acids is 8. The molecule has 22 nitrogen and oxygen atoms in total. The number of cyclic esters (lactones) is 4. The molecule has 22 heteroatoms. The fourth-order valence-corrected chi connectivity index (χ4v) is 10.4. The first-order valence-electron chi connectivity index (χ1n) is 30.8. The zero-order valence-electron chi connectivity index (χ0n) is 54.6. The Hall–Kier alpha value is -7.46. The van der Waals surface area contributed by atoms with E-state index in [2.05, 4.69) is 10.2 Å². The first-order chi connectivity index (χ1) is 41.6. The van der Waals surface area contributed by atoms with Crippen molar-refractivity contribution in [2.75, 3.05) is 41.4 Å². The van der Waals surface area contributed by atoms with Crippen molar-refractivity contribution in [2.45, 2.75) is 196 Å². The zero-order valence-corrected chi connectivity index (χ0v) is 54.6. The number of benzene rings is 2. The van der Waals surface area contributed by atoms with Crippen LogP contribution in [0.25, 0.3) is 0 Å². The van der Waals surface area contributed by atoms with E-state index in [1.807, 2.05) is 106 Å². The lowest BCUT2D eigenvalue weighted by Crippen LogP contribution is -2.55. The Labute approximate surface area is 519 Å². The minimum Gasteiger partial charge on any atom is -0.451 e. The highest BCUT2D eigenvalue weighted by atomic mass is 16.6. The summed E-state index contributed by atoms with van der Waals surface area (Å²) in [5.74, 6) is -7.53. The molecule has 0 unspecified atom stereocenters. The molecule has 0 saturated carbocycles. The average Bonchev–Trinajstić information content (AvgIpc) is 4.26. The predicted molar refractivity (Wildman–Crippen MR) is 329 cm³/mol. The van der Waals surface area contributed by atoms with Gasteiger partial charge in [0, 0.05) is 77.8 Å². The molecule has 1 aliphatic rings. The summed E-state index contributed by atoms with van der Waals surface area (Å²) in [4.78, 5) is 123. The fraction of sp³-hybridized carbons (Fsp3) is 0.606. The van der Waals surface area contributed by atoms with Gasteiger partial charge in [-0.1, -0.05) is 104 Å². The van der Waals surface area contributed by atoms with E-state index in [1.165, 1.54) is 42.0 Å². The van der Waals surface area contributed by atoms with E-state index in [0.29, 0.717) is 50.6 Å². The number of likely N-dealkylation sites (N-methyl/N-ethyl adjacent to an activating group) is 4. The van der Waals surface area contributed by atoms with E-state index < -0.39 is 96.1 Å². The monoisotopic (exact) mass is 1220 g/mol. The Balaban J connectivity index is 1.56. The van der Waals surface area contributed by atoms with E-state index in [4.69, 9.17) is 28.4 Å². The maximum Gasteiger partial charge on any atom is 0.329 e. The Morgan fingerprint density at radius 3 is 0.966 bits per heavy atom. The SMILES string of the molecule is CCOCc1cnn(Cc2ccc(C[C@H]3OC(=O)[C@H](CC(C)C)N(C)C(=O)[C@@H](C)OC(=O)[C@H](CC(C)C)N(C)C(=O)[C@@H](Cc4ccc(Cn5cc(COCC)cn5)cc4)OC(=O)[C@H](CC(C)C)N(C)C(=O)[C@@H](C)OC(=O)[C@H](CC(C)C)N(C)C3=O)cc2)c1. The van der Waals surface area contributed by atoms with Crippen molar-refractivity contribution in [1.82, 2.24) is 39.2 Å². The maximum atomic E-state index is 15.1. The average molecular weight is 1230 g/mol. The predicted octanol–water partition coefficient (Wildman–Crippen LogP) is 7.23. The number of nitrogens with zero attached hydrogens (tertiary/aromatic N) is 8. The minimum absolute atomic E-state index is 0.0732. The van der Waals surface area contributed by atoms with Gasteiger partial charge in [-0.3, -0.25) is 28.5 Å². The lowest BCUT2D eigenvalue weighted by atomic mass is 9.99. The molecule has 484 valence electrons. The van der Waals surface area contributed by atoms with Crippen molar-refractivity contribution in [3.05, 3.63) is 107 Å². The zero-order chi connectivity index (χ0) is 65.1. The normalized spacial score (nSPS) is 22.2. The molecule has 8 atom stereocenters. The van der Waals surface area contributed by atoms with Gasteiger partial charge in [-0.25, -0.2) is 19.2 Å². The number of aromatic nitrogens is 4. The molecule has 0 bridgehead atoms. The van der Waals surface area contributed by atoms with E-state index in [1.54, 1.807) is 46.0 Å². The second kappa shape index (κ2) is 33.8. The Kier molecular flexibility index (Phi) is 27.4. The van der Waals surface area contributed by atoms with Gasteiger partial charge in [0.15, 0.2) is 24.4 Å². The number of esters is 4. The van der Waals surface area contributed by atoms with Gasteiger partial charge in [0.25, 0.3) is 23.6 Å². The van der Waals surface area contributed by atoms with E-state index >= 15 is 9.59 Å². The van der Waals surface area contributed by atoms with Gasteiger partial charge in [-0.2, -0.15) is 10.2 Å². The Morgan fingerprint density at radius 2 is 0.682 bits per heavy atom. The van der Waals surface area contributed by atoms with Gasteiger partial charge in [0.05, 0.1) is 38.7 Å². The van der Waals surface area contributed by atoms with Crippen LogP contribution >= 0.6 is 0 Å². The first kappa shape index (κ1) is 71.3. The second-order valence-electron chi connectivity index (χ2n) is 24.8. The molecule has 2 aromatic carbocycles. The van der Waals surface area contributed by atoms with E-state index in [0.717, 1.165) is 41.9 Å². The third-order valence-corrected chi connectivity index (χ3v) is 15.4. The molecule has 0 N–H and O–H groups in total. The summed E-state index contributed by atoms with van der Waals surface area (Å²) in [6.45, 7) is 24.2. The molecule has 3 heterocycles. The first-order valence-corrected chi connectivity index (χ1v) is 30.8. The number of amides is 4. The van der Waals surface area contributed by atoms with Crippen LogP contribution in [-0.2, 0) is 106 Å². The van der Waals surface area contributed by atoms with Crippen molar-refractivity contribution in [1.29, 1.82) is 0 Å². The van der Waals surface area contributed by atoms with Crippen molar-refractivity contribution in [2.24, 2.45) is 23.7 Å². The summed E-state index contributed by atoms with van der Waals surface area (Å²) in [6.07, 6.45) is 1.18. The van der Waals surface area contributed by atoms with Crippen LogP contribution in [-0.4, -0.2) is 177 Å². The van der Waals surface area contributed by atoms with Gasteiger partial charge in [0.2, 0.25) is 0 Å². The molecule has 4 amide bonds. The van der Waals surface area contributed by atoms with Crippen molar-refractivity contribution in [3.8, 4) is 0 Å². The topological polar surface area (TPSA) is 241 Å². The highest BCUT2D eigenvalue weighted by molar-refractivity contribution is 5.94. The van der Waals surface area contributed by atoms with Gasteiger partial charge in [0.1, 0.15) is 24.2 Å². The Morgan fingerprint density at radius 1 is 0.409 bits per heavy atom. The largest absolute Gasteiger partial charge is 0.451 e. The lowest BCUT2D eigenvalue weighted by Gasteiger charge is -2.35. The lowest BCUT2D eigenvalue weighted by molar-refractivity contribution is -0.176. The number of carbonyl (C=O) groups is 8. The summed E-state index contributed by atoms with van der Waals surface area (Å²) >= 11 is 0. The quantitative estimate of drug-likeness (QED) is 0.0557. The fourth-order valence-electron chi connectivity index (χ4n) is 10.4. The van der Waals surface area contributed by atoms with Gasteiger partial charge in [-0.15, -0.1) is 0 Å². The summed E-state index contributed by atoms with van der Waals surface area (Å²) in [7, 11) is 5.57. The van der Waals surface area contributed by atoms with Gasteiger partial charge >= 0.3 is 23.9 Å². The van der Waals surface area contributed by atoms with Crippen molar-refractivity contribution < 1.29 is 66.8 Å². The second-order valence-corrected chi connectivity index (χ2v) is 24.8. The van der Waals surface area contributed by atoms with Gasteiger partial charge < -0.3 is 48.0 Å². The standard InChI is InChI=1S/C66H96N8O14/c1-17-83-39-51-33-67-73(37-51)35-49-23-19-47(20-24-49)31-57-61(77)71(15)53(27-41(3)4)63(79)85-46(12)60(76)70(14)56(30-44(9)10)66(82)88-58(32-48-21-25-50(26-22-48)36-74-38-52(34-68-74)40-84-18-2)62(78)72(16)54(28-42(5)6)64(80)86-45(11)59(75)69(13)55(29-43(7)8)65(81)87-57/h19-26,33-34,37-38,41-46,53-58H,17-18,27-32,35-36,39-40H2,1-16H3/t45-,46-,53+,54+,55+,56+,57-,58-/m1/s1. The molecule has 5 rings (SSSR count). The number of hydrogen-bond acceptors (Lipinski definition) is 16. The van der Waals surface area contributed by atoms with Crippen LogP contribution < -0.4 is 0 Å². The van der Waals surface area contributed by atoms with Crippen LogP contribution in [0.3, 0.4) is 0 Å². The van der Waals surface area contributed by atoms with Crippen molar-refractivity contribution >= 4 is 47.5 Å². The molecule has 0 aliphatic carbocycles. The van der Waals surface area contributed by atoms with Crippen LogP contribution in [0, 0.1) is 23.7 Å². The summed E-state index contributed by atoms with van der Waals surface area (Å²) in [5.41, 5.74) is 4.84. The highest BCUT2D eigenvalue weighted by Gasteiger charge is 2.43. The number of ether oxygens (including phenoxy) is 6. The molecule has 4 aromatic rings. The van der Waals surface area contributed by atoms with Crippen LogP contribution in [0.5, 0.6) is 0 Å². The third kappa shape index (κ3) is 20.8. The van der Waals surface area contributed by atoms with Crippen LogP contribution in [0.15, 0.2) is 73.3 Å². The molecule has 0 spiro atoms. The highest BCUT2D eigenvalue weighted by Crippen LogP contribution is 2.25. The molecule has 1 aliphatic heterocycles. The third-order valence-electron chi connectivity index (χ3n) is 15.4. The van der Waals surface area contributed by atoms with Crippen LogP contribution in [0.4, 0.5) is 0 Å². The molecule has 2 aromatic heterocycles. The molecular formula is C66H96N8O14. The summed E-state index contributed by atoms with van der Waals surface area (Å²) in [6, 6.07) is 9.49. The van der Waals surface area contributed by atoms with E-state index in [-0.39, 0.29) is 62.2 Å². The molecule has 1 fully saturated rings. The summed E-state index contributed by atoms with van der Waals surface area (Å²) < 4.78 is 39.0. The molecule has 88 heavy (non-hydrogen) atoms. The Bertz CT molecular complexity index is 2730. The van der Waals surface area contributed by atoms with Crippen LogP contribution in [0.1, 0.15) is 142 Å². The molecule has 0 radical (unpaired) electrons. The molecular weight excluding hydrogens is 1130 g/mol. The minimum atomic E-state index is -1.55. The van der Waals surface area contributed by atoms with E-state index in [9.17, 15) is 28.8 Å². The number of hydrogen-bond donors (Lipinski definition) is 0. The van der Waals surface area contributed by atoms with Gasteiger partial charge in [-0.05, 0) is 99.3 Å². The molecule has 1 saturated heterocycles. The maximum absolute atomic E-state index is 15.1. The van der Waals surface area contributed by atoms with Crippen LogP contribution in [0.2, 0.25) is 0 Å². The van der Waals surface area contributed by atoms with Crippen molar-refractivity contribution in [3.63, 3.8) is 0 Å². The smallest absolute Gasteiger partial charge is 0.329 e. The summed E-state index contributed by atoms with van der Waals surface area (Å²) in [5, 5.41) is 8.91.